The van der Waals surface area contributed by atoms with Crippen LogP contribution < -0.4 is 4.90 Å². The van der Waals surface area contributed by atoms with Gasteiger partial charge < -0.3 is 4.90 Å². The Labute approximate surface area is 112 Å². The second-order valence-electron chi connectivity index (χ2n) is 4.63. The van der Waals surface area contributed by atoms with Gasteiger partial charge in [-0.2, -0.15) is 0 Å². The number of likely N-dealkylation sites (N-methyl/N-ethyl adjacent to an activating group) is 1. The second-order valence-corrected chi connectivity index (χ2v) is 5.71. The van der Waals surface area contributed by atoms with Crippen LogP contribution in [0.2, 0.25) is 0 Å². The van der Waals surface area contributed by atoms with E-state index in [1.165, 1.54) is 5.57 Å². The predicted molar refractivity (Wildman–Crippen MR) is 77.8 cm³/mol. The highest BCUT2D eigenvalue weighted by Gasteiger charge is 2.25. The molecule has 18 heavy (non-hydrogen) atoms. The molecule has 0 fully saturated rings. The minimum absolute atomic E-state index is 0.0688. The lowest BCUT2D eigenvalue weighted by Crippen LogP contribution is -2.30. The first-order valence-corrected chi connectivity index (χ1v) is 6.73. The topological polar surface area (TPSA) is 20.3 Å². The Bertz CT molecular complexity index is 553. The Balaban J connectivity index is 2.45. The van der Waals surface area contributed by atoms with Crippen molar-refractivity contribution in [1.82, 2.24) is 0 Å². The average Bonchev–Trinajstić information content (AvgIpc) is 2.35. The fourth-order valence-electron chi connectivity index (χ4n) is 1.69. The lowest BCUT2D eigenvalue weighted by molar-refractivity contribution is -0.114. The van der Waals surface area contributed by atoms with E-state index in [0.717, 1.165) is 21.1 Å². The van der Waals surface area contributed by atoms with Crippen LogP contribution in [0.4, 0.5) is 5.69 Å². The van der Waals surface area contributed by atoms with Gasteiger partial charge in [-0.1, -0.05) is 35.0 Å². The minimum atomic E-state index is 0.0688. The molecular formula is C15H17NOS. The van der Waals surface area contributed by atoms with Gasteiger partial charge in [0.2, 0.25) is 0 Å². The summed E-state index contributed by atoms with van der Waals surface area (Å²) in [6.45, 7) is 6.15. The number of benzene rings is 1. The Hall–Kier alpha value is -1.48. The smallest absolute Gasteiger partial charge is 0.264 e. The number of carbonyl (C=O) groups excluding carboxylic acids is 1. The SMILES string of the molecule is CC(C)=C(C)/C=C1/Sc2ccccc2N(C)C1=O. The largest absolute Gasteiger partial charge is 0.310 e. The first-order valence-electron chi connectivity index (χ1n) is 5.91. The van der Waals surface area contributed by atoms with Gasteiger partial charge in [0.05, 0.1) is 10.6 Å². The molecular weight excluding hydrogens is 242 g/mol. The first-order chi connectivity index (χ1) is 8.50. The Kier molecular flexibility index (Phi) is 3.62. The van der Waals surface area contributed by atoms with Crippen molar-refractivity contribution in [2.24, 2.45) is 0 Å². The van der Waals surface area contributed by atoms with Crippen LogP contribution in [0.3, 0.4) is 0 Å². The van der Waals surface area contributed by atoms with Gasteiger partial charge in [-0.25, -0.2) is 0 Å². The van der Waals surface area contributed by atoms with Gasteiger partial charge in [0.1, 0.15) is 0 Å². The lowest BCUT2D eigenvalue weighted by atomic mass is 10.1. The fraction of sp³-hybridized carbons (Fsp3) is 0.267. The number of hydrogen-bond acceptors (Lipinski definition) is 2. The van der Waals surface area contributed by atoms with Crippen molar-refractivity contribution < 1.29 is 4.79 Å². The standard InChI is InChI=1S/C15H17NOS/c1-10(2)11(3)9-14-15(17)16(4)12-7-5-6-8-13(12)18-14/h5-9H,1-4H3/b14-9+. The van der Waals surface area contributed by atoms with Gasteiger partial charge in [-0.05, 0) is 39.0 Å². The van der Waals surface area contributed by atoms with Crippen LogP contribution in [0.1, 0.15) is 20.8 Å². The normalized spacial score (nSPS) is 16.8. The van der Waals surface area contributed by atoms with Crippen molar-refractivity contribution in [3.8, 4) is 0 Å². The number of nitrogens with zero attached hydrogens (tertiary/aromatic N) is 1. The van der Waals surface area contributed by atoms with Gasteiger partial charge >= 0.3 is 0 Å². The van der Waals surface area contributed by atoms with Crippen LogP contribution >= 0.6 is 11.8 Å². The van der Waals surface area contributed by atoms with Crippen LogP contribution in [0.15, 0.2) is 51.3 Å². The molecule has 1 heterocycles. The van der Waals surface area contributed by atoms with Crippen molar-refractivity contribution >= 4 is 23.4 Å². The van der Waals surface area contributed by atoms with Crippen LogP contribution in [-0.2, 0) is 4.79 Å². The predicted octanol–water partition coefficient (Wildman–Crippen LogP) is 4.00. The van der Waals surface area contributed by atoms with E-state index in [0.29, 0.717) is 0 Å². The molecule has 0 aliphatic carbocycles. The van der Waals surface area contributed by atoms with E-state index in [1.807, 2.05) is 38.2 Å². The summed E-state index contributed by atoms with van der Waals surface area (Å²) in [7, 11) is 1.83. The Morgan fingerprint density at radius 2 is 1.89 bits per heavy atom. The molecule has 0 radical (unpaired) electrons. The molecule has 1 aliphatic heterocycles. The summed E-state index contributed by atoms with van der Waals surface area (Å²) >= 11 is 1.55. The number of rotatable bonds is 1. The summed E-state index contributed by atoms with van der Waals surface area (Å²) in [4.78, 5) is 15.9. The molecule has 3 heteroatoms. The molecule has 0 N–H and O–H groups in total. The van der Waals surface area contributed by atoms with E-state index in [1.54, 1.807) is 16.7 Å². The minimum Gasteiger partial charge on any atom is -0.310 e. The van der Waals surface area contributed by atoms with E-state index in [9.17, 15) is 4.79 Å². The van der Waals surface area contributed by atoms with Gasteiger partial charge in [0.25, 0.3) is 5.91 Å². The van der Waals surface area contributed by atoms with Crippen molar-refractivity contribution in [3.05, 3.63) is 46.4 Å². The molecule has 94 valence electrons. The van der Waals surface area contributed by atoms with E-state index < -0.39 is 0 Å². The second kappa shape index (κ2) is 5.02. The number of thioether (sulfide) groups is 1. The molecule has 1 aliphatic rings. The van der Waals surface area contributed by atoms with E-state index in [4.69, 9.17) is 0 Å². The third-order valence-corrected chi connectivity index (χ3v) is 4.18. The van der Waals surface area contributed by atoms with Crippen molar-refractivity contribution in [2.75, 3.05) is 11.9 Å². The van der Waals surface area contributed by atoms with E-state index in [2.05, 4.69) is 19.9 Å². The first kappa shape index (κ1) is 13.0. The summed E-state index contributed by atoms with van der Waals surface area (Å²) in [6, 6.07) is 7.99. The molecule has 0 aromatic heterocycles. The van der Waals surface area contributed by atoms with Crippen LogP contribution in [0.5, 0.6) is 0 Å². The van der Waals surface area contributed by atoms with Crippen LogP contribution in [0, 0.1) is 0 Å². The number of hydrogen-bond donors (Lipinski definition) is 0. The summed E-state index contributed by atoms with van der Waals surface area (Å²) < 4.78 is 0. The molecule has 2 nitrogen and oxygen atoms in total. The zero-order valence-corrected chi connectivity index (χ0v) is 12.0. The lowest BCUT2D eigenvalue weighted by Gasteiger charge is -2.26. The van der Waals surface area contributed by atoms with E-state index in [-0.39, 0.29) is 5.91 Å². The monoisotopic (exact) mass is 259 g/mol. The molecule has 0 unspecified atom stereocenters. The highest BCUT2D eigenvalue weighted by atomic mass is 32.2. The third-order valence-electron chi connectivity index (χ3n) is 3.10. The zero-order valence-electron chi connectivity index (χ0n) is 11.2. The zero-order chi connectivity index (χ0) is 13.3. The Morgan fingerprint density at radius 3 is 2.56 bits per heavy atom. The molecule has 0 atom stereocenters. The van der Waals surface area contributed by atoms with Gasteiger partial charge in [0, 0.05) is 11.9 Å². The van der Waals surface area contributed by atoms with Gasteiger partial charge in [0.15, 0.2) is 0 Å². The summed E-state index contributed by atoms with van der Waals surface area (Å²) in [6.07, 6.45) is 1.98. The molecule has 0 saturated heterocycles. The quantitative estimate of drug-likeness (QED) is 0.711. The number of anilines is 1. The van der Waals surface area contributed by atoms with E-state index >= 15 is 0 Å². The van der Waals surface area contributed by atoms with Gasteiger partial charge in [-0.3, -0.25) is 4.79 Å². The van der Waals surface area contributed by atoms with Crippen LogP contribution in [-0.4, -0.2) is 13.0 Å². The number of carbonyl (C=O) groups is 1. The van der Waals surface area contributed by atoms with Gasteiger partial charge in [-0.15, -0.1) is 0 Å². The molecule has 1 aromatic rings. The molecule has 0 bridgehead atoms. The maximum atomic E-state index is 12.3. The van der Waals surface area contributed by atoms with Crippen molar-refractivity contribution in [3.63, 3.8) is 0 Å². The maximum Gasteiger partial charge on any atom is 0.264 e. The summed E-state index contributed by atoms with van der Waals surface area (Å²) in [5.41, 5.74) is 3.37. The number of fused-ring (bicyclic) bond motifs is 1. The molecule has 0 saturated carbocycles. The number of para-hydroxylation sites is 1. The van der Waals surface area contributed by atoms with Crippen LogP contribution in [0.25, 0.3) is 0 Å². The summed E-state index contributed by atoms with van der Waals surface area (Å²) in [5, 5.41) is 0. The highest BCUT2D eigenvalue weighted by molar-refractivity contribution is 8.04. The van der Waals surface area contributed by atoms with Crippen molar-refractivity contribution in [1.29, 1.82) is 0 Å². The number of allylic oxidation sites excluding steroid dienone is 3. The molecule has 0 spiro atoms. The highest BCUT2D eigenvalue weighted by Crippen LogP contribution is 2.40. The molecule has 2 rings (SSSR count). The summed E-state index contributed by atoms with van der Waals surface area (Å²) in [5.74, 6) is 0.0688. The molecule has 1 amide bonds. The fourth-order valence-corrected chi connectivity index (χ4v) is 2.84. The van der Waals surface area contributed by atoms with Crippen molar-refractivity contribution in [2.45, 2.75) is 25.7 Å². The third kappa shape index (κ3) is 2.36. The maximum absolute atomic E-state index is 12.3. The Morgan fingerprint density at radius 1 is 1.22 bits per heavy atom. The average molecular weight is 259 g/mol. The number of amides is 1. The molecule has 1 aromatic carbocycles.